The predicted molar refractivity (Wildman–Crippen MR) is 107 cm³/mol. The van der Waals surface area contributed by atoms with Crippen LogP contribution in [0.2, 0.25) is 0 Å². The third kappa shape index (κ3) is 2.98. The van der Waals surface area contributed by atoms with Crippen LogP contribution in [0.3, 0.4) is 0 Å². The highest BCUT2D eigenvalue weighted by atomic mass is 32.1. The topological polar surface area (TPSA) is 57.8 Å². The predicted octanol–water partition coefficient (Wildman–Crippen LogP) is 5.12. The molecule has 0 fully saturated rings. The Morgan fingerprint density at radius 1 is 1.11 bits per heavy atom. The summed E-state index contributed by atoms with van der Waals surface area (Å²) in [7, 11) is 0. The number of fused-ring (bicyclic) bond motifs is 1. The Labute approximate surface area is 158 Å². The van der Waals surface area contributed by atoms with E-state index >= 15 is 0 Å². The Bertz CT molecular complexity index is 1250. The first-order valence-electron chi connectivity index (χ1n) is 8.26. The molecule has 0 aliphatic carbocycles. The number of rotatable bonds is 3. The summed E-state index contributed by atoms with van der Waals surface area (Å²) in [5.41, 5.74) is 2.64. The summed E-state index contributed by atoms with van der Waals surface area (Å²) in [6.07, 6.45) is 0. The van der Waals surface area contributed by atoms with Crippen LogP contribution in [0.4, 0.5) is 15.8 Å². The van der Waals surface area contributed by atoms with Gasteiger partial charge in [0, 0.05) is 17.1 Å². The Morgan fingerprint density at radius 3 is 2.59 bits per heavy atom. The van der Waals surface area contributed by atoms with Crippen molar-refractivity contribution in [3.8, 4) is 11.8 Å². The second-order valence-corrected chi connectivity index (χ2v) is 7.06. The maximum atomic E-state index is 13.4. The van der Waals surface area contributed by atoms with Crippen molar-refractivity contribution in [3.63, 3.8) is 0 Å². The highest BCUT2D eigenvalue weighted by Gasteiger charge is 2.17. The number of halogens is 1. The minimum absolute atomic E-state index is 0.163. The van der Waals surface area contributed by atoms with Crippen LogP contribution in [0.1, 0.15) is 10.4 Å². The van der Waals surface area contributed by atoms with Crippen LogP contribution in [0.25, 0.3) is 15.9 Å². The van der Waals surface area contributed by atoms with E-state index in [4.69, 9.17) is 0 Å². The van der Waals surface area contributed by atoms with Crippen LogP contribution in [0, 0.1) is 24.1 Å². The van der Waals surface area contributed by atoms with Crippen LogP contribution < -0.4 is 10.9 Å². The number of nitrogens with zero attached hydrogens (tertiary/aromatic N) is 2. The lowest BCUT2D eigenvalue weighted by Crippen LogP contribution is -2.16. The van der Waals surface area contributed by atoms with Crippen molar-refractivity contribution in [2.45, 2.75) is 6.92 Å². The fourth-order valence-corrected chi connectivity index (χ4v) is 4.08. The number of hydrogen-bond donors (Lipinski definition) is 1. The van der Waals surface area contributed by atoms with Gasteiger partial charge in [0.05, 0.1) is 11.4 Å². The molecule has 132 valence electrons. The van der Waals surface area contributed by atoms with Crippen LogP contribution in [0.5, 0.6) is 0 Å². The fourth-order valence-electron chi connectivity index (χ4n) is 3.01. The highest BCUT2D eigenvalue weighted by Crippen LogP contribution is 2.37. The molecule has 0 amide bonds. The summed E-state index contributed by atoms with van der Waals surface area (Å²) in [5, 5.41) is 13.6. The van der Waals surface area contributed by atoms with Crippen molar-refractivity contribution in [3.05, 3.63) is 87.3 Å². The Morgan fingerprint density at radius 2 is 1.89 bits per heavy atom. The van der Waals surface area contributed by atoms with Crippen molar-refractivity contribution < 1.29 is 4.39 Å². The summed E-state index contributed by atoms with van der Waals surface area (Å²) < 4.78 is 15.0. The Hall–Kier alpha value is -3.43. The SMILES string of the molecule is Cc1cc(F)ccc1Nc1c(C#N)sc2c1ccc(=O)n2-c1ccccc1. The lowest BCUT2D eigenvalue weighted by Gasteiger charge is -2.10. The number of para-hydroxylation sites is 1. The van der Waals surface area contributed by atoms with Gasteiger partial charge in [-0.2, -0.15) is 5.26 Å². The average Bonchev–Trinajstić information content (AvgIpc) is 3.02. The number of thiophene rings is 1. The highest BCUT2D eigenvalue weighted by molar-refractivity contribution is 7.20. The molecule has 0 spiro atoms. The van der Waals surface area contributed by atoms with E-state index in [-0.39, 0.29) is 11.4 Å². The van der Waals surface area contributed by atoms with Crippen LogP contribution in [-0.4, -0.2) is 4.57 Å². The second-order valence-electron chi connectivity index (χ2n) is 6.06. The zero-order chi connectivity index (χ0) is 19.0. The third-order valence-corrected chi connectivity index (χ3v) is 5.40. The van der Waals surface area contributed by atoms with Gasteiger partial charge in [0.25, 0.3) is 5.56 Å². The number of anilines is 2. The van der Waals surface area contributed by atoms with E-state index in [1.807, 2.05) is 30.3 Å². The summed E-state index contributed by atoms with van der Waals surface area (Å²) in [6.45, 7) is 1.80. The molecule has 0 unspecified atom stereocenters. The molecule has 27 heavy (non-hydrogen) atoms. The van der Waals surface area contributed by atoms with Crippen molar-refractivity contribution in [1.29, 1.82) is 5.26 Å². The molecular weight excluding hydrogens is 361 g/mol. The molecule has 4 aromatic rings. The molecule has 6 heteroatoms. The monoisotopic (exact) mass is 375 g/mol. The summed E-state index contributed by atoms with van der Waals surface area (Å²) in [4.78, 5) is 13.7. The van der Waals surface area contributed by atoms with Gasteiger partial charge in [-0.25, -0.2) is 4.39 Å². The van der Waals surface area contributed by atoms with Gasteiger partial charge >= 0.3 is 0 Å². The van der Waals surface area contributed by atoms with Gasteiger partial charge in [-0.15, -0.1) is 11.3 Å². The van der Waals surface area contributed by atoms with E-state index in [0.717, 1.165) is 16.6 Å². The number of hydrogen-bond acceptors (Lipinski definition) is 4. The number of nitriles is 1. The summed E-state index contributed by atoms with van der Waals surface area (Å²) in [6, 6.07) is 19.2. The lowest BCUT2D eigenvalue weighted by molar-refractivity contribution is 0.627. The average molecular weight is 375 g/mol. The minimum Gasteiger partial charge on any atom is -0.353 e. The van der Waals surface area contributed by atoms with Crippen LogP contribution in [0.15, 0.2) is 65.5 Å². The largest absolute Gasteiger partial charge is 0.353 e. The lowest BCUT2D eigenvalue weighted by atomic mass is 10.1. The molecule has 0 aliphatic heterocycles. The molecule has 0 bridgehead atoms. The third-order valence-electron chi connectivity index (χ3n) is 4.31. The van der Waals surface area contributed by atoms with Crippen LogP contribution >= 0.6 is 11.3 Å². The molecule has 0 radical (unpaired) electrons. The van der Waals surface area contributed by atoms with Crippen molar-refractivity contribution in [1.82, 2.24) is 4.57 Å². The maximum absolute atomic E-state index is 13.4. The van der Waals surface area contributed by atoms with Gasteiger partial charge in [-0.1, -0.05) is 18.2 Å². The first-order chi connectivity index (χ1) is 13.1. The van der Waals surface area contributed by atoms with Gasteiger partial charge in [-0.05, 0) is 48.9 Å². The molecule has 2 aromatic carbocycles. The molecule has 1 N–H and O–H groups in total. The first-order valence-corrected chi connectivity index (χ1v) is 9.07. The minimum atomic E-state index is -0.313. The molecular formula is C21H14FN3OS. The second kappa shape index (κ2) is 6.71. The van der Waals surface area contributed by atoms with E-state index in [9.17, 15) is 14.4 Å². The van der Waals surface area contributed by atoms with Gasteiger partial charge in [0.15, 0.2) is 0 Å². The zero-order valence-corrected chi connectivity index (χ0v) is 15.2. The zero-order valence-electron chi connectivity index (χ0n) is 14.4. The van der Waals surface area contributed by atoms with Gasteiger partial charge in [0.1, 0.15) is 21.6 Å². The Balaban J connectivity index is 1.95. The van der Waals surface area contributed by atoms with E-state index in [2.05, 4.69) is 11.4 Å². The van der Waals surface area contributed by atoms with Crippen LogP contribution in [-0.2, 0) is 0 Å². The molecule has 0 atom stereocenters. The molecule has 4 rings (SSSR count). The Kier molecular flexibility index (Phi) is 4.22. The number of pyridine rings is 1. The molecule has 2 heterocycles. The smallest absolute Gasteiger partial charge is 0.256 e. The normalized spacial score (nSPS) is 10.7. The van der Waals surface area contributed by atoms with E-state index in [1.165, 1.54) is 29.5 Å². The summed E-state index contributed by atoms with van der Waals surface area (Å²) in [5.74, 6) is -0.313. The summed E-state index contributed by atoms with van der Waals surface area (Å²) >= 11 is 1.25. The van der Waals surface area contributed by atoms with Gasteiger partial charge in [-0.3, -0.25) is 9.36 Å². The number of aryl methyl sites for hydroxylation is 1. The standard InChI is InChI=1S/C21H14FN3OS/c1-13-11-14(22)7-9-17(13)24-20-16-8-10-19(26)25(15-5-3-2-4-6-15)21(16)27-18(20)12-23/h2-11,24H,1H3. The van der Waals surface area contributed by atoms with E-state index in [0.29, 0.717) is 21.1 Å². The van der Waals surface area contributed by atoms with Crippen molar-refractivity contribution in [2.24, 2.45) is 0 Å². The van der Waals surface area contributed by atoms with Crippen molar-refractivity contribution >= 4 is 32.9 Å². The molecule has 4 nitrogen and oxygen atoms in total. The molecule has 0 saturated carbocycles. The van der Waals surface area contributed by atoms with E-state index in [1.54, 1.807) is 23.6 Å². The quantitative estimate of drug-likeness (QED) is 0.541. The first kappa shape index (κ1) is 17.0. The molecule has 0 saturated heterocycles. The fraction of sp³-hybridized carbons (Fsp3) is 0.0476. The molecule has 0 aliphatic rings. The van der Waals surface area contributed by atoms with Gasteiger partial charge < -0.3 is 5.32 Å². The maximum Gasteiger partial charge on any atom is 0.256 e. The number of aromatic nitrogens is 1. The van der Waals surface area contributed by atoms with Gasteiger partial charge in [0.2, 0.25) is 0 Å². The van der Waals surface area contributed by atoms with E-state index < -0.39 is 0 Å². The molecule has 2 aromatic heterocycles. The van der Waals surface area contributed by atoms with Crippen molar-refractivity contribution in [2.75, 3.05) is 5.32 Å². The number of benzene rings is 2. The number of nitrogens with one attached hydrogen (secondary N) is 1.